The molecule has 1 aliphatic heterocycles. The molecule has 142 valence electrons. The van der Waals surface area contributed by atoms with Crippen molar-refractivity contribution in [3.8, 4) is 5.69 Å². The lowest BCUT2D eigenvalue weighted by Crippen LogP contribution is -2.28. The van der Waals surface area contributed by atoms with Crippen LogP contribution in [0.2, 0.25) is 0 Å². The fraction of sp³-hybridized carbons (Fsp3) is 0.261. The van der Waals surface area contributed by atoms with Gasteiger partial charge in [0.2, 0.25) is 5.91 Å². The minimum absolute atomic E-state index is 0.0286. The van der Waals surface area contributed by atoms with Gasteiger partial charge in [0.05, 0.1) is 17.3 Å². The van der Waals surface area contributed by atoms with Crippen LogP contribution >= 0.6 is 0 Å². The van der Waals surface area contributed by atoms with E-state index in [0.717, 1.165) is 28.9 Å². The number of aryl methyl sites for hydroxylation is 3. The van der Waals surface area contributed by atoms with E-state index in [0.29, 0.717) is 11.4 Å². The molecule has 28 heavy (non-hydrogen) atoms. The number of nitrogens with one attached hydrogen (secondary N) is 1. The summed E-state index contributed by atoms with van der Waals surface area (Å²) in [5, 5.41) is 7.62. The first-order valence-electron chi connectivity index (χ1n) is 9.58. The van der Waals surface area contributed by atoms with Crippen LogP contribution < -0.4 is 5.32 Å². The van der Waals surface area contributed by atoms with Gasteiger partial charge in [0.15, 0.2) is 5.78 Å². The number of carbonyl (C=O) groups is 2. The van der Waals surface area contributed by atoms with Gasteiger partial charge in [0.1, 0.15) is 5.82 Å². The van der Waals surface area contributed by atoms with Crippen molar-refractivity contribution in [1.29, 1.82) is 0 Å². The van der Waals surface area contributed by atoms with Crippen LogP contribution in [0, 0.1) is 13.8 Å². The van der Waals surface area contributed by atoms with Gasteiger partial charge in [0.25, 0.3) is 0 Å². The predicted octanol–water partition coefficient (Wildman–Crippen LogP) is 4.36. The number of carbonyl (C=O) groups excluding carboxylic acids is 2. The Hall–Kier alpha value is -3.21. The Morgan fingerprint density at radius 1 is 1.18 bits per heavy atom. The van der Waals surface area contributed by atoms with Crippen molar-refractivity contribution < 1.29 is 9.59 Å². The first-order valence-corrected chi connectivity index (χ1v) is 9.58. The van der Waals surface area contributed by atoms with Crippen LogP contribution in [-0.2, 0) is 11.2 Å². The summed E-state index contributed by atoms with van der Waals surface area (Å²) in [7, 11) is 0. The monoisotopic (exact) mass is 373 g/mol. The third kappa shape index (κ3) is 3.03. The first-order chi connectivity index (χ1) is 13.5. The highest BCUT2D eigenvalue weighted by Gasteiger charge is 2.36. The van der Waals surface area contributed by atoms with Crippen molar-refractivity contribution in [3.05, 3.63) is 76.5 Å². The van der Waals surface area contributed by atoms with Crippen molar-refractivity contribution in [2.45, 2.75) is 39.5 Å². The minimum atomic E-state index is -0.520. The maximum atomic E-state index is 13.3. The predicted molar refractivity (Wildman–Crippen MR) is 109 cm³/mol. The summed E-state index contributed by atoms with van der Waals surface area (Å²) in [5.74, 6) is -0.103. The molecule has 1 N–H and O–H groups in total. The molecule has 2 heterocycles. The lowest BCUT2D eigenvalue weighted by Gasteiger charge is -2.23. The van der Waals surface area contributed by atoms with Crippen molar-refractivity contribution in [1.82, 2.24) is 9.78 Å². The van der Waals surface area contributed by atoms with Gasteiger partial charge in [-0.25, -0.2) is 4.68 Å². The summed E-state index contributed by atoms with van der Waals surface area (Å²) in [6.07, 6.45) is 1.05. The molecule has 0 radical (unpaired) electrons. The molecule has 1 aromatic heterocycles. The van der Waals surface area contributed by atoms with Crippen LogP contribution in [0.5, 0.6) is 0 Å². The van der Waals surface area contributed by atoms with E-state index < -0.39 is 5.92 Å². The first kappa shape index (κ1) is 18.2. The van der Waals surface area contributed by atoms with E-state index in [-0.39, 0.29) is 18.1 Å². The SMILES string of the molecule is CCc1cccc(-n2nc(C)c3c2NC(=O)CC3C(=O)c2ccccc2C)c1. The molecule has 0 saturated heterocycles. The number of rotatable bonds is 4. The van der Waals surface area contributed by atoms with Gasteiger partial charge in [-0.15, -0.1) is 0 Å². The smallest absolute Gasteiger partial charge is 0.226 e. The van der Waals surface area contributed by atoms with Crippen molar-refractivity contribution in [3.63, 3.8) is 0 Å². The molecule has 4 rings (SSSR count). The van der Waals surface area contributed by atoms with E-state index in [4.69, 9.17) is 0 Å². The van der Waals surface area contributed by atoms with Crippen LogP contribution in [0.4, 0.5) is 5.82 Å². The quantitative estimate of drug-likeness (QED) is 0.691. The molecular formula is C23H23N3O2. The zero-order valence-electron chi connectivity index (χ0n) is 16.3. The molecule has 2 aromatic carbocycles. The van der Waals surface area contributed by atoms with Gasteiger partial charge in [-0.05, 0) is 43.5 Å². The summed E-state index contributed by atoms with van der Waals surface area (Å²) in [6, 6.07) is 15.6. The summed E-state index contributed by atoms with van der Waals surface area (Å²) in [4.78, 5) is 25.8. The minimum Gasteiger partial charge on any atom is -0.310 e. The number of hydrogen-bond donors (Lipinski definition) is 1. The highest BCUT2D eigenvalue weighted by Crippen LogP contribution is 2.38. The van der Waals surface area contributed by atoms with Crippen molar-refractivity contribution in [2.75, 3.05) is 5.32 Å². The van der Waals surface area contributed by atoms with Gasteiger partial charge in [0, 0.05) is 17.5 Å². The molecule has 5 nitrogen and oxygen atoms in total. The van der Waals surface area contributed by atoms with E-state index in [1.165, 1.54) is 5.56 Å². The molecular weight excluding hydrogens is 350 g/mol. The third-order valence-corrected chi connectivity index (χ3v) is 5.39. The average Bonchev–Trinajstić information content (AvgIpc) is 3.03. The van der Waals surface area contributed by atoms with Crippen LogP contribution in [-0.4, -0.2) is 21.5 Å². The summed E-state index contributed by atoms with van der Waals surface area (Å²) >= 11 is 0. The second-order valence-electron chi connectivity index (χ2n) is 7.27. The number of aromatic nitrogens is 2. The van der Waals surface area contributed by atoms with Crippen LogP contribution in [0.1, 0.15) is 52.0 Å². The number of nitrogens with zero attached hydrogens (tertiary/aromatic N) is 2. The number of amides is 1. The van der Waals surface area contributed by atoms with E-state index in [2.05, 4.69) is 29.5 Å². The average molecular weight is 373 g/mol. The lowest BCUT2D eigenvalue weighted by atomic mass is 9.84. The van der Waals surface area contributed by atoms with E-state index in [9.17, 15) is 9.59 Å². The van der Waals surface area contributed by atoms with Gasteiger partial charge in [-0.2, -0.15) is 5.10 Å². The fourth-order valence-electron chi connectivity index (χ4n) is 3.90. The third-order valence-electron chi connectivity index (χ3n) is 5.39. The Bertz CT molecular complexity index is 1080. The Labute approximate surface area is 164 Å². The van der Waals surface area contributed by atoms with E-state index in [1.807, 2.05) is 50.2 Å². The molecule has 0 aliphatic carbocycles. The fourth-order valence-corrected chi connectivity index (χ4v) is 3.90. The molecule has 3 aromatic rings. The molecule has 0 fully saturated rings. The highest BCUT2D eigenvalue weighted by molar-refractivity contribution is 6.08. The molecule has 0 saturated carbocycles. The molecule has 1 atom stereocenters. The number of anilines is 1. The number of benzene rings is 2. The molecule has 1 unspecified atom stereocenters. The normalized spacial score (nSPS) is 15.8. The molecule has 0 spiro atoms. The number of Topliss-reactive ketones (excluding diaryl/α,β-unsaturated/α-hetero) is 1. The summed E-state index contributed by atoms with van der Waals surface area (Å²) in [5.41, 5.74) is 5.23. The Morgan fingerprint density at radius 2 is 1.96 bits per heavy atom. The second-order valence-corrected chi connectivity index (χ2v) is 7.27. The Balaban J connectivity index is 1.83. The zero-order valence-corrected chi connectivity index (χ0v) is 16.3. The molecule has 1 aliphatic rings. The standard InChI is InChI=1S/C23H23N3O2/c1-4-16-9-7-10-17(12-16)26-23-21(15(3)25-26)19(13-20(27)24-23)22(28)18-11-6-5-8-14(18)2/h5-12,19H,4,13H2,1-3H3,(H,24,27). The van der Waals surface area contributed by atoms with E-state index in [1.54, 1.807) is 4.68 Å². The van der Waals surface area contributed by atoms with Gasteiger partial charge < -0.3 is 5.32 Å². The largest absolute Gasteiger partial charge is 0.310 e. The van der Waals surface area contributed by atoms with Crippen LogP contribution in [0.25, 0.3) is 5.69 Å². The summed E-state index contributed by atoms with van der Waals surface area (Å²) in [6.45, 7) is 5.92. The number of ketones is 1. The van der Waals surface area contributed by atoms with Gasteiger partial charge >= 0.3 is 0 Å². The van der Waals surface area contributed by atoms with Crippen molar-refractivity contribution >= 4 is 17.5 Å². The topological polar surface area (TPSA) is 64.0 Å². The van der Waals surface area contributed by atoms with Crippen LogP contribution in [0.15, 0.2) is 48.5 Å². The molecule has 0 bridgehead atoms. The van der Waals surface area contributed by atoms with Gasteiger partial charge in [-0.1, -0.05) is 43.3 Å². The Kier molecular flexibility index (Phi) is 4.59. The molecule has 1 amide bonds. The summed E-state index contributed by atoms with van der Waals surface area (Å²) < 4.78 is 1.75. The number of hydrogen-bond acceptors (Lipinski definition) is 3. The second kappa shape index (κ2) is 7.08. The van der Waals surface area contributed by atoms with Gasteiger partial charge in [-0.3, -0.25) is 9.59 Å². The maximum Gasteiger partial charge on any atom is 0.226 e. The Morgan fingerprint density at radius 3 is 2.71 bits per heavy atom. The highest BCUT2D eigenvalue weighted by atomic mass is 16.2. The molecule has 5 heteroatoms. The number of fused-ring (bicyclic) bond motifs is 1. The van der Waals surface area contributed by atoms with E-state index >= 15 is 0 Å². The zero-order chi connectivity index (χ0) is 19.8. The maximum absolute atomic E-state index is 13.3. The van der Waals surface area contributed by atoms with Crippen LogP contribution in [0.3, 0.4) is 0 Å². The van der Waals surface area contributed by atoms with Crippen molar-refractivity contribution in [2.24, 2.45) is 0 Å². The lowest BCUT2D eigenvalue weighted by molar-refractivity contribution is -0.116.